The number of pyridine rings is 1. The first kappa shape index (κ1) is 15.4. The number of H-pyrrole nitrogens is 1. The van der Waals surface area contributed by atoms with Crippen LogP contribution in [-0.4, -0.2) is 35.3 Å². The van der Waals surface area contributed by atoms with E-state index in [1.807, 2.05) is 42.5 Å². The summed E-state index contributed by atoms with van der Waals surface area (Å²) in [6, 6.07) is 13.5. The Morgan fingerprint density at radius 3 is 2.88 bits per heavy atom. The Bertz CT molecular complexity index is 977. The molecule has 126 valence electrons. The van der Waals surface area contributed by atoms with Crippen LogP contribution >= 0.6 is 0 Å². The van der Waals surface area contributed by atoms with E-state index in [-0.39, 0.29) is 0 Å². The van der Waals surface area contributed by atoms with Crippen LogP contribution in [0.5, 0.6) is 5.75 Å². The van der Waals surface area contributed by atoms with Gasteiger partial charge in [0.25, 0.3) is 0 Å². The fourth-order valence-corrected chi connectivity index (χ4v) is 2.59. The van der Waals surface area contributed by atoms with Crippen LogP contribution in [0.4, 0.5) is 0 Å². The number of aromatic nitrogens is 3. The quantitative estimate of drug-likeness (QED) is 0.541. The van der Waals surface area contributed by atoms with Gasteiger partial charge in [-0.3, -0.25) is 0 Å². The van der Waals surface area contributed by atoms with E-state index >= 15 is 0 Å². The van der Waals surface area contributed by atoms with Gasteiger partial charge in [-0.25, -0.2) is 9.97 Å². The molecule has 3 aromatic heterocycles. The van der Waals surface area contributed by atoms with Crippen molar-refractivity contribution in [3.05, 3.63) is 54.9 Å². The van der Waals surface area contributed by atoms with Crippen LogP contribution in [0, 0.1) is 0 Å². The monoisotopic (exact) mass is 335 g/mol. The van der Waals surface area contributed by atoms with E-state index in [9.17, 15) is 0 Å². The Kier molecular flexibility index (Phi) is 4.18. The van der Waals surface area contributed by atoms with Gasteiger partial charge >= 0.3 is 0 Å². The predicted molar refractivity (Wildman–Crippen MR) is 94.4 cm³/mol. The highest BCUT2D eigenvalue weighted by Crippen LogP contribution is 2.26. The minimum atomic E-state index is 0.508. The molecule has 0 aliphatic heterocycles. The topological polar surface area (TPSA) is 73.2 Å². The Balaban J connectivity index is 1.64. The molecule has 0 bridgehead atoms. The highest BCUT2D eigenvalue weighted by molar-refractivity contribution is 5.80. The Morgan fingerprint density at radius 2 is 2.04 bits per heavy atom. The number of methoxy groups -OCH3 is 1. The van der Waals surface area contributed by atoms with Gasteiger partial charge in [0.05, 0.1) is 18.4 Å². The van der Waals surface area contributed by atoms with Crippen LogP contribution in [0.3, 0.4) is 0 Å². The van der Waals surface area contributed by atoms with E-state index in [1.165, 1.54) is 0 Å². The molecule has 0 fully saturated rings. The second-order valence-electron chi connectivity index (χ2n) is 5.53. The lowest BCUT2D eigenvalue weighted by Crippen LogP contribution is -2.04. The molecule has 25 heavy (non-hydrogen) atoms. The standard InChI is InChI=1S/C19H17N3O3/c1-23-8-9-24-15-5-2-4-13(10-15)18-21-16-11-14(12-20-19(16)22-18)17-6-3-7-25-17/h2-7,10-12H,8-9H2,1H3,(H,20,21,22). The van der Waals surface area contributed by atoms with E-state index in [0.29, 0.717) is 18.9 Å². The number of furan rings is 1. The summed E-state index contributed by atoms with van der Waals surface area (Å²) in [7, 11) is 1.65. The van der Waals surface area contributed by atoms with Gasteiger partial charge in [-0.2, -0.15) is 0 Å². The van der Waals surface area contributed by atoms with Gasteiger partial charge in [0.1, 0.15) is 23.9 Å². The summed E-state index contributed by atoms with van der Waals surface area (Å²) in [5.41, 5.74) is 3.36. The number of benzene rings is 1. The molecule has 1 aromatic carbocycles. The second kappa shape index (κ2) is 6.78. The first-order valence-corrected chi connectivity index (χ1v) is 7.95. The summed E-state index contributed by atoms with van der Waals surface area (Å²) < 4.78 is 16.1. The molecule has 0 unspecified atom stereocenters. The first-order valence-electron chi connectivity index (χ1n) is 7.95. The van der Waals surface area contributed by atoms with Gasteiger partial charge in [0.2, 0.25) is 0 Å². The van der Waals surface area contributed by atoms with E-state index in [0.717, 1.165) is 34.0 Å². The van der Waals surface area contributed by atoms with Crippen molar-refractivity contribution in [2.24, 2.45) is 0 Å². The summed E-state index contributed by atoms with van der Waals surface area (Å²) in [5, 5.41) is 0. The highest BCUT2D eigenvalue weighted by atomic mass is 16.5. The molecule has 6 heteroatoms. The number of rotatable bonds is 6. The lowest BCUT2D eigenvalue weighted by Gasteiger charge is -2.06. The van der Waals surface area contributed by atoms with Gasteiger partial charge in [-0.05, 0) is 30.3 Å². The van der Waals surface area contributed by atoms with Crippen LogP contribution in [0.15, 0.2) is 59.3 Å². The molecule has 0 aliphatic rings. The third-order valence-corrected chi connectivity index (χ3v) is 3.81. The summed E-state index contributed by atoms with van der Waals surface area (Å²) in [6.07, 6.45) is 3.41. The number of nitrogens with zero attached hydrogens (tertiary/aromatic N) is 2. The first-order chi connectivity index (χ1) is 12.3. The molecule has 4 aromatic rings. The van der Waals surface area contributed by atoms with Gasteiger partial charge in [-0.15, -0.1) is 0 Å². The number of hydrogen-bond donors (Lipinski definition) is 1. The molecule has 0 saturated carbocycles. The van der Waals surface area contributed by atoms with Crippen LogP contribution in [0.25, 0.3) is 33.9 Å². The van der Waals surface area contributed by atoms with Crippen molar-refractivity contribution in [3.8, 4) is 28.5 Å². The molecule has 0 atom stereocenters. The fourth-order valence-electron chi connectivity index (χ4n) is 2.59. The molecule has 1 N–H and O–H groups in total. The SMILES string of the molecule is COCCOc1cccc(-c2nc3ncc(-c4ccco4)cc3[nH]2)c1. The minimum absolute atomic E-state index is 0.508. The lowest BCUT2D eigenvalue weighted by atomic mass is 10.2. The molecular weight excluding hydrogens is 318 g/mol. The normalized spacial score (nSPS) is 11.1. The molecule has 0 radical (unpaired) electrons. The summed E-state index contributed by atoms with van der Waals surface area (Å²) in [4.78, 5) is 12.3. The molecule has 6 nitrogen and oxygen atoms in total. The highest BCUT2D eigenvalue weighted by Gasteiger charge is 2.10. The molecular formula is C19H17N3O3. The van der Waals surface area contributed by atoms with Crippen molar-refractivity contribution in [1.29, 1.82) is 0 Å². The van der Waals surface area contributed by atoms with Crippen molar-refractivity contribution in [2.75, 3.05) is 20.3 Å². The van der Waals surface area contributed by atoms with Crippen LogP contribution in [0.1, 0.15) is 0 Å². The summed E-state index contributed by atoms with van der Waals surface area (Å²) in [5.74, 6) is 2.30. The maximum absolute atomic E-state index is 5.66. The number of nitrogens with one attached hydrogen (secondary N) is 1. The van der Waals surface area contributed by atoms with Gasteiger partial charge in [0.15, 0.2) is 5.65 Å². The zero-order chi connectivity index (χ0) is 17.1. The molecule has 0 amide bonds. The van der Waals surface area contributed by atoms with Crippen molar-refractivity contribution >= 4 is 11.2 Å². The fraction of sp³-hybridized carbons (Fsp3) is 0.158. The number of fused-ring (bicyclic) bond motifs is 1. The molecule has 3 heterocycles. The number of imidazole rings is 1. The zero-order valence-electron chi connectivity index (χ0n) is 13.7. The van der Waals surface area contributed by atoms with Crippen LogP contribution in [-0.2, 0) is 4.74 Å². The maximum atomic E-state index is 5.66. The van der Waals surface area contributed by atoms with Gasteiger partial charge in [-0.1, -0.05) is 12.1 Å². The largest absolute Gasteiger partial charge is 0.491 e. The van der Waals surface area contributed by atoms with Crippen molar-refractivity contribution < 1.29 is 13.9 Å². The predicted octanol–water partition coefficient (Wildman–Crippen LogP) is 3.91. The molecule has 0 saturated heterocycles. The van der Waals surface area contributed by atoms with Crippen molar-refractivity contribution in [2.45, 2.75) is 0 Å². The van der Waals surface area contributed by atoms with Crippen molar-refractivity contribution in [3.63, 3.8) is 0 Å². The smallest absolute Gasteiger partial charge is 0.178 e. The zero-order valence-corrected chi connectivity index (χ0v) is 13.7. The Labute approximate surface area is 144 Å². The second-order valence-corrected chi connectivity index (χ2v) is 5.53. The third kappa shape index (κ3) is 3.25. The summed E-state index contributed by atoms with van der Waals surface area (Å²) in [6.45, 7) is 1.06. The van der Waals surface area contributed by atoms with Crippen molar-refractivity contribution in [1.82, 2.24) is 15.0 Å². The minimum Gasteiger partial charge on any atom is -0.491 e. The number of hydrogen-bond acceptors (Lipinski definition) is 5. The maximum Gasteiger partial charge on any atom is 0.178 e. The van der Waals surface area contributed by atoms with Crippen LogP contribution in [0.2, 0.25) is 0 Å². The molecule has 0 spiro atoms. The number of aromatic amines is 1. The summed E-state index contributed by atoms with van der Waals surface area (Å²) >= 11 is 0. The number of ether oxygens (including phenoxy) is 2. The lowest BCUT2D eigenvalue weighted by molar-refractivity contribution is 0.146. The van der Waals surface area contributed by atoms with E-state index in [2.05, 4.69) is 15.0 Å². The molecule has 4 rings (SSSR count). The molecule has 0 aliphatic carbocycles. The van der Waals surface area contributed by atoms with E-state index < -0.39 is 0 Å². The Hall–Kier alpha value is -3.12. The van der Waals surface area contributed by atoms with Gasteiger partial charge < -0.3 is 18.9 Å². The van der Waals surface area contributed by atoms with E-state index in [4.69, 9.17) is 13.9 Å². The Morgan fingerprint density at radius 1 is 1.08 bits per heavy atom. The average Bonchev–Trinajstić information content (AvgIpc) is 3.31. The van der Waals surface area contributed by atoms with Gasteiger partial charge in [0, 0.05) is 24.4 Å². The average molecular weight is 335 g/mol. The van der Waals surface area contributed by atoms with Crippen LogP contribution < -0.4 is 4.74 Å². The third-order valence-electron chi connectivity index (χ3n) is 3.81. The van der Waals surface area contributed by atoms with E-state index in [1.54, 1.807) is 19.6 Å².